The average Bonchev–Trinajstić information content (AvgIpc) is 2.39. The Morgan fingerprint density at radius 1 is 1.40 bits per heavy atom. The fourth-order valence-corrected chi connectivity index (χ4v) is 3.41. The maximum atomic E-state index is 11.4. The number of fused-ring (bicyclic) bond motifs is 1. The molecular formula is C15H28N2O3. The van der Waals surface area contributed by atoms with Crippen LogP contribution in [-0.2, 0) is 9.53 Å². The lowest BCUT2D eigenvalue weighted by Gasteiger charge is -2.48. The number of piperazine rings is 1. The van der Waals surface area contributed by atoms with Crippen LogP contribution in [0.5, 0.6) is 0 Å². The van der Waals surface area contributed by atoms with Gasteiger partial charge in [0, 0.05) is 31.7 Å². The van der Waals surface area contributed by atoms with E-state index >= 15 is 0 Å². The smallest absolute Gasteiger partial charge is 0.308 e. The van der Waals surface area contributed by atoms with Gasteiger partial charge in [-0.3, -0.25) is 14.6 Å². The maximum Gasteiger partial charge on any atom is 0.308 e. The second kappa shape index (κ2) is 7.38. The van der Waals surface area contributed by atoms with Crippen molar-refractivity contribution >= 4 is 5.97 Å². The van der Waals surface area contributed by atoms with Crippen LogP contribution in [0.4, 0.5) is 0 Å². The summed E-state index contributed by atoms with van der Waals surface area (Å²) in [6.07, 6.45) is 3.37. The van der Waals surface area contributed by atoms with Crippen molar-refractivity contribution in [1.29, 1.82) is 0 Å². The monoisotopic (exact) mass is 284 g/mol. The van der Waals surface area contributed by atoms with E-state index < -0.39 is 6.10 Å². The lowest BCUT2D eigenvalue weighted by Crippen LogP contribution is -2.59. The van der Waals surface area contributed by atoms with E-state index in [-0.39, 0.29) is 12.4 Å². The van der Waals surface area contributed by atoms with Crippen LogP contribution in [0.25, 0.3) is 0 Å². The predicted molar refractivity (Wildman–Crippen MR) is 77.5 cm³/mol. The maximum absolute atomic E-state index is 11.4. The molecule has 2 fully saturated rings. The molecule has 2 saturated heterocycles. The number of hydrogen-bond donors (Lipinski definition) is 1. The minimum absolute atomic E-state index is 0.103. The zero-order chi connectivity index (χ0) is 14.5. The van der Waals surface area contributed by atoms with Gasteiger partial charge in [-0.25, -0.2) is 0 Å². The van der Waals surface area contributed by atoms with Crippen LogP contribution in [0.2, 0.25) is 0 Å². The third-order valence-electron chi connectivity index (χ3n) is 4.47. The summed E-state index contributed by atoms with van der Waals surface area (Å²) in [5.74, 6) is -0.302. The second-order valence-corrected chi connectivity index (χ2v) is 6.11. The Morgan fingerprint density at radius 3 is 2.95 bits per heavy atom. The molecular weight excluding hydrogens is 256 g/mol. The average molecular weight is 284 g/mol. The first-order chi connectivity index (χ1) is 9.60. The summed E-state index contributed by atoms with van der Waals surface area (Å²) >= 11 is 0. The number of rotatable bonds is 5. The molecule has 2 heterocycles. The van der Waals surface area contributed by atoms with Gasteiger partial charge in [-0.2, -0.15) is 0 Å². The van der Waals surface area contributed by atoms with Crippen molar-refractivity contribution in [2.45, 2.75) is 57.7 Å². The molecule has 2 aliphatic heterocycles. The molecule has 5 heteroatoms. The molecule has 3 atom stereocenters. The molecule has 0 aromatic heterocycles. The first kappa shape index (κ1) is 15.7. The molecule has 2 rings (SSSR count). The summed E-state index contributed by atoms with van der Waals surface area (Å²) in [6, 6.07) is 1.08. The van der Waals surface area contributed by atoms with E-state index in [1.54, 1.807) is 6.92 Å². The molecule has 0 radical (unpaired) electrons. The van der Waals surface area contributed by atoms with Gasteiger partial charge >= 0.3 is 5.97 Å². The van der Waals surface area contributed by atoms with E-state index in [4.69, 9.17) is 4.74 Å². The van der Waals surface area contributed by atoms with Crippen molar-refractivity contribution in [2.75, 3.05) is 32.8 Å². The Kier molecular flexibility index (Phi) is 5.81. The van der Waals surface area contributed by atoms with Crippen LogP contribution >= 0.6 is 0 Å². The number of carbonyl (C=O) groups excluding carboxylic acids is 1. The normalized spacial score (nSPS) is 29.8. The van der Waals surface area contributed by atoms with E-state index in [1.807, 2.05) is 0 Å². The molecule has 0 aromatic carbocycles. The van der Waals surface area contributed by atoms with Crippen LogP contribution in [0.1, 0.15) is 39.5 Å². The van der Waals surface area contributed by atoms with Crippen molar-refractivity contribution in [3.63, 3.8) is 0 Å². The summed E-state index contributed by atoms with van der Waals surface area (Å²) in [5.41, 5.74) is 0. The largest absolute Gasteiger partial charge is 0.466 e. The Bertz CT molecular complexity index is 324. The van der Waals surface area contributed by atoms with Gasteiger partial charge in [-0.05, 0) is 33.2 Å². The van der Waals surface area contributed by atoms with E-state index in [0.717, 1.165) is 13.1 Å². The van der Waals surface area contributed by atoms with Crippen molar-refractivity contribution in [2.24, 2.45) is 0 Å². The molecule has 5 nitrogen and oxygen atoms in total. The van der Waals surface area contributed by atoms with Gasteiger partial charge in [0.05, 0.1) is 19.1 Å². The molecule has 0 aromatic rings. The third kappa shape index (κ3) is 4.17. The number of nitrogens with zero attached hydrogens (tertiary/aromatic N) is 2. The fourth-order valence-electron chi connectivity index (χ4n) is 3.41. The summed E-state index contributed by atoms with van der Waals surface area (Å²) in [6.45, 7) is 8.26. The van der Waals surface area contributed by atoms with Gasteiger partial charge in [0.2, 0.25) is 0 Å². The number of carbonyl (C=O) groups is 1. The molecule has 1 N–H and O–H groups in total. The highest BCUT2D eigenvalue weighted by atomic mass is 16.5. The molecule has 0 amide bonds. The van der Waals surface area contributed by atoms with Gasteiger partial charge < -0.3 is 9.84 Å². The van der Waals surface area contributed by atoms with Gasteiger partial charge in [0.25, 0.3) is 0 Å². The molecule has 0 aliphatic carbocycles. The predicted octanol–water partition coefficient (Wildman–Crippen LogP) is 0.859. The van der Waals surface area contributed by atoms with Crippen molar-refractivity contribution in [3.8, 4) is 0 Å². The first-order valence-electron chi connectivity index (χ1n) is 7.92. The zero-order valence-electron chi connectivity index (χ0n) is 12.8. The van der Waals surface area contributed by atoms with E-state index in [1.165, 1.54) is 25.8 Å². The molecule has 0 bridgehead atoms. The number of esters is 1. The summed E-state index contributed by atoms with van der Waals surface area (Å²) < 4.78 is 4.89. The summed E-state index contributed by atoms with van der Waals surface area (Å²) in [5, 5.41) is 10.1. The van der Waals surface area contributed by atoms with E-state index in [0.29, 0.717) is 25.2 Å². The minimum Gasteiger partial charge on any atom is -0.466 e. The molecule has 0 saturated carbocycles. The van der Waals surface area contributed by atoms with Crippen LogP contribution in [-0.4, -0.2) is 71.8 Å². The Labute approximate surface area is 121 Å². The fraction of sp³-hybridized carbons (Fsp3) is 0.933. The second-order valence-electron chi connectivity index (χ2n) is 6.11. The molecule has 2 aliphatic rings. The van der Waals surface area contributed by atoms with Crippen LogP contribution in [0, 0.1) is 0 Å². The molecule has 3 unspecified atom stereocenters. The standard InChI is InChI=1S/C15H28N2O3/c1-3-20-15(19)8-14(18)11-17-10-13-6-4-5-7-16(13)9-12(17)2/h12-14,18H,3-11H2,1-2H3. The minimum atomic E-state index is -0.619. The SMILES string of the molecule is CCOC(=O)CC(O)CN1CC2CCCCN2CC1C. The highest BCUT2D eigenvalue weighted by Gasteiger charge is 2.33. The third-order valence-corrected chi connectivity index (χ3v) is 4.47. The van der Waals surface area contributed by atoms with Gasteiger partial charge in [-0.1, -0.05) is 6.42 Å². The van der Waals surface area contributed by atoms with E-state index in [2.05, 4.69) is 16.7 Å². The highest BCUT2D eigenvalue weighted by molar-refractivity contribution is 5.69. The van der Waals surface area contributed by atoms with Crippen LogP contribution in [0.15, 0.2) is 0 Å². The number of hydrogen-bond acceptors (Lipinski definition) is 5. The molecule has 0 spiro atoms. The Balaban J connectivity index is 1.81. The van der Waals surface area contributed by atoms with Gasteiger partial charge in [0.15, 0.2) is 0 Å². The van der Waals surface area contributed by atoms with Gasteiger partial charge in [0.1, 0.15) is 0 Å². The quantitative estimate of drug-likeness (QED) is 0.759. The van der Waals surface area contributed by atoms with Crippen molar-refractivity contribution in [3.05, 3.63) is 0 Å². The van der Waals surface area contributed by atoms with Crippen LogP contribution in [0.3, 0.4) is 0 Å². The number of aliphatic hydroxyl groups excluding tert-OH is 1. The topological polar surface area (TPSA) is 53.0 Å². The number of β-amino-alcohol motifs (C(OH)–C–C–N with tert-alkyl or cyclic N) is 1. The van der Waals surface area contributed by atoms with Crippen molar-refractivity contribution in [1.82, 2.24) is 9.80 Å². The highest BCUT2D eigenvalue weighted by Crippen LogP contribution is 2.24. The molecule has 116 valence electrons. The first-order valence-corrected chi connectivity index (χ1v) is 7.92. The number of aliphatic hydroxyl groups is 1. The zero-order valence-corrected chi connectivity index (χ0v) is 12.8. The molecule has 20 heavy (non-hydrogen) atoms. The Hall–Kier alpha value is -0.650. The summed E-state index contributed by atoms with van der Waals surface area (Å²) in [7, 11) is 0. The Morgan fingerprint density at radius 2 is 2.20 bits per heavy atom. The lowest BCUT2D eigenvalue weighted by atomic mass is 9.97. The number of ether oxygens (including phenoxy) is 1. The van der Waals surface area contributed by atoms with Crippen LogP contribution < -0.4 is 0 Å². The number of piperidine rings is 1. The van der Waals surface area contributed by atoms with Gasteiger partial charge in [-0.15, -0.1) is 0 Å². The lowest BCUT2D eigenvalue weighted by molar-refractivity contribution is -0.145. The van der Waals surface area contributed by atoms with E-state index in [9.17, 15) is 9.90 Å². The summed E-state index contributed by atoms with van der Waals surface area (Å²) in [4.78, 5) is 16.3. The van der Waals surface area contributed by atoms with Crippen molar-refractivity contribution < 1.29 is 14.6 Å².